The largest absolute Gasteiger partial charge is 0.496 e. The fraction of sp³-hybridized carbons (Fsp3) is 0.458. The molecule has 9 heteroatoms. The average molecular weight is 452 g/mol. The van der Waals surface area contributed by atoms with Crippen LogP contribution in [0.25, 0.3) is 22.2 Å². The molecular weight excluding hydrogens is 422 g/mol. The second-order valence-corrected chi connectivity index (χ2v) is 8.61. The van der Waals surface area contributed by atoms with E-state index in [9.17, 15) is 5.11 Å². The van der Waals surface area contributed by atoms with E-state index in [0.29, 0.717) is 43.6 Å². The number of nitrogens with one attached hydrogen (secondary N) is 1. The lowest BCUT2D eigenvalue weighted by atomic mass is 9.93. The van der Waals surface area contributed by atoms with Crippen molar-refractivity contribution in [3.63, 3.8) is 0 Å². The van der Waals surface area contributed by atoms with Gasteiger partial charge >= 0.3 is 0 Å². The molecule has 33 heavy (non-hydrogen) atoms. The van der Waals surface area contributed by atoms with Crippen molar-refractivity contribution in [1.82, 2.24) is 20.3 Å². The molecule has 2 saturated heterocycles. The van der Waals surface area contributed by atoms with Gasteiger partial charge in [-0.2, -0.15) is 0 Å². The fourth-order valence-corrected chi connectivity index (χ4v) is 4.58. The van der Waals surface area contributed by atoms with Crippen LogP contribution in [0.1, 0.15) is 12.5 Å². The highest BCUT2D eigenvalue weighted by Gasteiger charge is 2.43. The van der Waals surface area contributed by atoms with Gasteiger partial charge in [-0.05, 0) is 31.2 Å². The van der Waals surface area contributed by atoms with Crippen LogP contribution in [0, 0.1) is 0 Å². The lowest BCUT2D eigenvalue weighted by Crippen LogP contribution is -2.64. The summed E-state index contributed by atoms with van der Waals surface area (Å²) >= 11 is 0. The van der Waals surface area contributed by atoms with E-state index in [2.05, 4.69) is 27.1 Å². The van der Waals surface area contributed by atoms with Crippen molar-refractivity contribution >= 4 is 16.9 Å². The van der Waals surface area contributed by atoms with Crippen LogP contribution in [-0.4, -0.2) is 78.3 Å². The fourth-order valence-electron chi connectivity index (χ4n) is 4.58. The molecule has 1 aromatic carbocycles. The summed E-state index contributed by atoms with van der Waals surface area (Å²) in [7, 11) is 1.59. The first-order chi connectivity index (χ1) is 16.1. The number of hydrogen-bond acceptors (Lipinski definition) is 9. The number of rotatable bonds is 5. The van der Waals surface area contributed by atoms with Crippen molar-refractivity contribution in [1.29, 1.82) is 0 Å². The number of anilines is 1. The van der Waals surface area contributed by atoms with E-state index in [1.807, 2.05) is 30.5 Å². The number of methoxy groups -OCH3 is 1. The Labute approximate surface area is 192 Å². The number of benzene rings is 1. The summed E-state index contributed by atoms with van der Waals surface area (Å²) in [4.78, 5) is 16.3. The van der Waals surface area contributed by atoms with Crippen molar-refractivity contribution < 1.29 is 19.3 Å². The summed E-state index contributed by atoms with van der Waals surface area (Å²) < 4.78 is 17.3. The third-order valence-electron chi connectivity index (χ3n) is 6.47. The number of pyridine rings is 1. The van der Waals surface area contributed by atoms with Gasteiger partial charge in [0.1, 0.15) is 11.4 Å². The van der Waals surface area contributed by atoms with Crippen LogP contribution in [0.3, 0.4) is 0 Å². The predicted molar refractivity (Wildman–Crippen MR) is 124 cm³/mol. The lowest BCUT2D eigenvalue weighted by molar-refractivity contribution is -0.0938. The van der Waals surface area contributed by atoms with Gasteiger partial charge in [0, 0.05) is 48.5 Å². The van der Waals surface area contributed by atoms with E-state index in [4.69, 9.17) is 19.2 Å². The molecule has 2 fully saturated rings. The highest BCUT2D eigenvalue weighted by molar-refractivity contribution is 5.82. The molecule has 5 rings (SSSR count). The van der Waals surface area contributed by atoms with Gasteiger partial charge in [-0.3, -0.25) is 4.98 Å². The van der Waals surface area contributed by atoms with Crippen molar-refractivity contribution in [2.45, 2.75) is 25.2 Å². The van der Waals surface area contributed by atoms with Gasteiger partial charge in [-0.1, -0.05) is 0 Å². The normalized spacial score (nSPS) is 23.6. The van der Waals surface area contributed by atoms with E-state index >= 15 is 0 Å². The summed E-state index contributed by atoms with van der Waals surface area (Å²) in [5, 5.41) is 14.0. The molecule has 174 valence electrons. The Morgan fingerprint density at radius 3 is 2.91 bits per heavy atom. The van der Waals surface area contributed by atoms with E-state index in [0.717, 1.165) is 35.2 Å². The summed E-state index contributed by atoms with van der Waals surface area (Å²) in [6.07, 6.45) is 3.60. The summed E-state index contributed by atoms with van der Waals surface area (Å²) in [6.45, 7) is 6.19. The first-order valence-electron chi connectivity index (χ1n) is 11.2. The molecule has 9 nitrogen and oxygen atoms in total. The van der Waals surface area contributed by atoms with Crippen molar-refractivity contribution in [3.05, 3.63) is 42.2 Å². The Bertz CT molecular complexity index is 1140. The van der Waals surface area contributed by atoms with Gasteiger partial charge in [0.25, 0.3) is 0 Å². The van der Waals surface area contributed by atoms with Crippen molar-refractivity contribution in [3.8, 4) is 17.0 Å². The minimum atomic E-state index is -0.385. The molecule has 2 unspecified atom stereocenters. The van der Waals surface area contributed by atoms with E-state index in [1.54, 1.807) is 13.3 Å². The second-order valence-electron chi connectivity index (χ2n) is 8.61. The molecular formula is C24H29N5O4. The van der Waals surface area contributed by atoms with Gasteiger partial charge in [0.05, 0.1) is 50.8 Å². The zero-order valence-electron chi connectivity index (χ0n) is 19.0. The van der Waals surface area contributed by atoms with Crippen LogP contribution in [0.5, 0.6) is 5.75 Å². The SMILES string of the molecule is COc1ccc(-c2cc3nc(N4CCOCC4C4(C)CNCCO4)ncc3cn2)cc1CO. The first kappa shape index (κ1) is 22.0. The highest BCUT2D eigenvalue weighted by atomic mass is 16.5. The molecule has 3 aromatic rings. The molecule has 2 aliphatic heterocycles. The molecule has 0 aliphatic carbocycles. The predicted octanol–water partition coefficient (Wildman–Crippen LogP) is 1.78. The Hall–Kier alpha value is -2.85. The van der Waals surface area contributed by atoms with E-state index in [1.165, 1.54) is 0 Å². The molecule has 4 heterocycles. The topological polar surface area (TPSA) is 102 Å². The van der Waals surface area contributed by atoms with Gasteiger partial charge in [0.2, 0.25) is 5.95 Å². The van der Waals surface area contributed by atoms with Crippen molar-refractivity contribution in [2.24, 2.45) is 0 Å². The molecule has 0 spiro atoms. The van der Waals surface area contributed by atoms with Crippen LogP contribution in [0.2, 0.25) is 0 Å². The monoisotopic (exact) mass is 451 g/mol. The molecule has 2 atom stereocenters. The van der Waals surface area contributed by atoms with Crippen LogP contribution in [0.4, 0.5) is 5.95 Å². The van der Waals surface area contributed by atoms with Gasteiger partial charge in [-0.15, -0.1) is 0 Å². The molecule has 0 radical (unpaired) electrons. The number of nitrogens with zero attached hydrogens (tertiary/aromatic N) is 4. The lowest BCUT2D eigenvalue weighted by Gasteiger charge is -2.47. The number of aliphatic hydroxyl groups is 1. The maximum atomic E-state index is 9.68. The highest BCUT2D eigenvalue weighted by Crippen LogP contribution is 2.30. The van der Waals surface area contributed by atoms with Crippen LogP contribution in [-0.2, 0) is 16.1 Å². The third-order valence-corrected chi connectivity index (χ3v) is 6.47. The smallest absolute Gasteiger partial charge is 0.226 e. The molecule has 2 aromatic heterocycles. The molecule has 0 amide bonds. The number of aromatic nitrogens is 3. The zero-order chi connectivity index (χ0) is 22.8. The summed E-state index contributed by atoms with van der Waals surface area (Å²) in [5.41, 5.74) is 2.80. The maximum Gasteiger partial charge on any atom is 0.226 e. The number of fused-ring (bicyclic) bond motifs is 1. The minimum Gasteiger partial charge on any atom is -0.496 e. The standard InChI is InChI=1S/C24H29N5O4/c1-24(15-25-5-7-33-24)22-14-32-8-6-29(22)23-27-12-18-11-26-19(10-20(18)28-23)16-3-4-21(31-2)17(9-16)13-30/h3-4,9-12,22,25,30H,5-8,13-15H2,1-2H3. The Morgan fingerprint density at radius 1 is 1.24 bits per heavy atom. The Kier molecular flexibility index (Phi) is 6.11. The number of ether oxygens (including phenoxy) is 3. The van der Waals surface area contributed by atoms with Crippen LogP contribution in [0.15, 0.2) is 36.7 Å². The first-order valence-corrected chi connectivity index (χ1v) is 11.2. The zero-order valence-corrected chi connectivity index (χ0v) is 19.0. The molecule has 2 aliphatic rings. The van der Waals surface area contributed by atoms with Gasteiger partial charge in [0.15, 0.2) is 0 Å². The van der Waals surface area contributed by atoms with Gasteiger partial charge < -0.3 is 29.5 Å². The Morgan fingerprint density at radius 2 is 2.12 bits per heavy atom. The Balaban J connectivity index is 1.50. The maximum absolute atomic E-state index is 9.68. The number of hydrogen-bond donors (Lipinski definition) is 2. The average Bonchev–Trinajstić information content (AvgIpc) is 2.88. The summed E-state index contributed by atoms with van der Waals surface area (Å²) in [5.74, 6) is 1.31. The third kappa shape index (κ3) is 4.24. The minimum absolute atomic E-state index is 0.00603. The van der Waals surface area contributed by atoms with Gasteiger partial charge in [-0.25, -0.2) is 9.97 Å². The van der Waals surface area contributed by atoms with Crippen LogP contribution < -0.4 is 15.0 Å². The quantitative estimate of drug-likeness (QED) is 0.601. The van der Waals surface area contributed by atoms with Crippen molar-refractivity contribution in [2.75, 3.05) is 51.5 Å². The van der Waals surface area contributed by atoms with E-state index < -0.39 is 0 Å². The molecule has 0 bridgehead atoms. The van der Waals surface area contributed by atoms with E-state index in [-0.39, 0.29) is 18.2 Å². The molecule has 2 N–H and O–H groups in total. The van der Waals surface area contributed by atoms with Crippen LogP contribution >= 0.6 is 0 Å². The summed E-state index contributed by atoms with van der Waals surface area (Å²) in [6, 6.07) is 7.63. The number of aliphatic hydroxyl groups excluding tert-OH is 1. The molecule has 0 saturated carbocycles. The number of morpholine rings is 2. The second kappa shape index (κ2) is 9.18.